The van der Waals surface area contributed by atoms with E-state index in [1.54, 1.807) is 0 Å². The van der Waals surface area contributed by atoms with Gasteiger partial charge >= 0.3 is 39.5 Å². The molecule has 0 heterocycles. The second-order valence-corrected chi connectivity index (χ2v) is 27.5. The number of phosphoric ester groups is 2. The first kappa shape index (κ1) is 85.1. The fourth-order valence-electron chi connectivity index (χ4n) is 10.3. The van der Waals surface area contributed by atoms with Crippen LogP contribution in [0.5, 0.6) is 0 Å². The number of ether oxygens (including phenoxy) is 4. The lowest BCUT2D eigenvalue weighted by molar-refractivity contribution is -0.161. The van der Waals surface area contributed by atoms with Crippen LogP contribution < -0.4 is 0 Å². The van der Waals surface area contributed by atoms with Crippen molar-refractivity contribution in [1.82, 2.24) is 0 Å². The van der Waals surface area contributed by atoms with Crippen LogP contribution in [0.2, 0.25) is 0 Å². The molecule has 0 bridgehead atoms. The molecule has 0 saturated carbocycles. The van der Waals surface area contributed by atoms with Gasteiger partial charge in [0.05, 0.1) is 26.4 Å². The molecule has 0 aliphatic heterocycles. The van der Waals surface area contributed by atoms with Crippen LogP contribution in [0.3, 0.4) is 0 Å². The summed E-state index contributed by atoms with van der Waals surface area (Å²) in [7, 11) is -9.88. The molecule has 0 aromatic heterocycles. The van der Waals surface area contributed by atoms with Crippen LogP contribution in [-0.4, -0.2) is 96.7 Å². The molecule has 5 atom stereocenters. The molecule has 3 N–H and O–H groups in total. The van der Waals surface area contributed by atoms with Crippen LogP contribution in [-0.2, 0) is 65.4 Å². The average molecular weight is 1280 g/mol. The summed E-state index contributed by atoms with van der Waals surface area (Å²) < 4.78 is 67.9. The van der Waals surface area contributed by atoms with E-state index in [1.807, 2.05) is 0 Å². The molecule has 516 valence electrons. The third-order valence-electron chi connectivity index (χ3n) is 15.9. The summed E-state index contributed by atoms with van der Waals surface area (Å²) in [5, 5.41) is 10.5. The molecule has 0 spiro atoms. The molecule has 0 radical (unpaired) electrons. The Kier molecular flexibility index (Phi) is 61.4. The Morgan fingerprint density at radius 3 is 0.678 bits per heavy atom. The lowest BCUT2D eigenvalue weighted by Crippen LogP contribution is -2.30. The second-order valence-electron chi connectivity index (χ2n) is 24.6. The zero-order valence-corrected chi connectivity index (χ0v) is 57.8. The largest absolute Gasteiger partial charge is 0.472 e. The van der Waals surface area contributed by atoms with Crippen molar-refractivity contribution in [3.05, 3.63) is 0 Å². The summed E-state index contributed by atoms with van der Waals surface area (Å²) in [5.74, 6) is -2.13. The van der Waals surface area contributed by atoms with Gasteiger partial charge in [-0.15, -0.1) is 0 Å². The molecule has 0 aromatic carbocycles. The summed E-state index contributed by atoms with van der Waals surface area (Å²) >= 11 is 0. The van der Waals surface area contributed by atoms with Crippen molar-refractivity contribution in [1.29, 1.82) is 0 Å². The molecule has 17 nitrogen and oxygen atoms in total. The van der Waals surface area contributed by atoms with Crippen LogP contribution >= 0.6 is 15.6 Å². The van der Waals surface area contributed by atoms with Crippen molar-refractivity contribution in [2.75, 3.05) is 39.6 Å². The number of esters is 4. The first-order valence-electron chi connectivity index (χ1n) is 35.8. The quantitative estimate of drug-likeness (QED) is 0.0222. The van der Waals surface area contributed by atoms with E-state index >= 15 is 0 Å². The first-order valence-corrected chi connectivity index (χ1v) is 38.8. The molecule has 0 amide bonds. The van der Waals surface area contributed by atoms with E-state index in [9.17, 15) is 43.2 Å². The van der Waals surface area contributed by atoms with Crippen molar-refractivity contribution in [3.63, 3.8) is 0 Å². The first-order chi connectivity index (χ1) is 42.2. The van der Waals surface area contributed by atoms with Gasteiger partial charge in [-0.1, -0.05) is 304 Å². The molecule has 2 unspecified atom stereocenters. The van der Waals surface area contributed by atoms with Gasteiger partial charge < -0.3 is 33.8 Å². The fraction of sp³-hybridized carbons (Fsp3) is 0.941. The van der Waals surface area contributed by atoms with Crippen molar-refractivity contribution in [2.45, 2.75) is 373 Å². The van der Waals surface area contributed by atoms with Crippen molar-refractivity contribution in [2.24, 2.45) is 0 Å². The van der Waals surface area contributed by atoms with Crippen molar-refractivity contribution < 1.29 is 80.2 Å². The molecule has 0 aliphatic rings. The number of carbonyl (C=O) groups excluding carboxylic acids is 4. The minimum Gasteiger partial charge on any atom is -0.462 e. The number of phosphoric acid groups is 2. The van der Waals surface area contributed by atoms with E-state index in [-0.39, 0.29) is 25.7 Å². The Balaban J connectivity index is 5.05. The summed E-state index contributed by atoms with van der Waals surface area (Å²) in [6.07, 6.45) is 50.4. The molecular formula is C68H132O17P2. The SMILES string of the molecule is CCCCCCCCCCCCCCCCCCCCCCCCC(=O)O[C@H](COC(=O)CCCCCCCCCCC)COP(=O)(O)OC[C@@H](O)COP(=O)(O)OC[C@@H](COC(=O)CCCCCCCCC)OC(=O)CCCCCCCCCCC. The highest BCUT2D eigenvalue weighted by molar-refractivity contribution is 7.47. The highest BCUT2D eigenvalue weighted by Gasteiger charge is 2.30. The number of carbonyl (C=O) groups is 4. The van der Waals surface area contributed by atoms with E-state index in [1.165, 1.54) is 173 Å². The minimum atomic E-state index is -4.94. The van der Waals surface area contributed by atoms with Gasteiger partial charge in [-0.05, 0) is 25.7 Å². The summed E-state index contributed by atoms with van der Waals surface area (Å²) in [4.78, 5) is 72.1. The Labute approximate surface area is 530 Å². The lowest BCUT2D eigenvalue weighted by atomic mass is 10.0. The van der Waals surface area contributed by atoms with Crippen molar-refractivity contribution in [3.8, 4) is 0 Å². The second kappa shape index (κ2) is 62.8. The Morgan fingerprint density at radius 1 is 0.276 bits per heavy atom. The zero-order valence-electron chi connectivity index (χ0n) is 56.0. The minimum absolute atomic E-state index is 0.106. The monoisotopic (exact) mass is 1280 g/mol. The zero-order chi connectivity index (χ0) is 64.0. The van der Waals surface area contributed by atoms with Crippen molar-refractivity contribution >= 4 is 39.5 Å². The van der Waals surface area contributed by atoms with E-state index in [4.69, 9.17) is 37.0 Å². The smallest absolute Gasteiger partial charge is 0.462 e. The third-order valence-corrected chi connectivity index (χ3v) is 17.8. The van der Waals surface area contributed by atoms with Gasteiger partial charge in [0.1, 0.15) is 19.3 Å². The third kappa shape index (κ3) is 62.6. The van der Waals surface area contributed by atoms with Gasteiger partial charge in [0.15, 0.2) is 12.2 Å². The molecule has 0 aromatic rings. The summed E-state index contributed by atoms with van der Waals surface area (Å²) in [5.41, 5.74) is 0. The van der Waals surface area contributed by atoms with Gasteiger partial charge in [-0.2, -0.15) is 0 Å². The summed E-state index contributed by atoms with van der Waals surface area (Å²) in [6.45, 7) is 4.84. The highest BCUT2D eigenvalue weighted by Crippen LogP contribution is 2.45. The van der Waals surface area contributed by atoms with Crippen LogP contribution in [0.4, 0.5) is 0 Å². The molecule has 0 fully saturated rings. The number of rotatable bonds is 69. The standard InChI is InChI=1S/C68H132O17P2/c1-5-9-13-17-21-24-25-26-27-28-29-30-31-32-33-34-35-36-39-43-47-51-55-68(73)85-64(59-79-66(71)53-49-45-41-37-22-18-14-10-6-2)61-83-87(76,77)81-57-62(69)56-80-86(74,75)82-60-63(58-78-65(70)52-48-44-40-20-16-12-8-4)84-67(72)54-50-46-42-38-23-19-15-11-7-3/h62-64,69H,5-61H2,1-4H3,(H,74,75)(H,76,77)/t62-,63+,64+/m0/s1. The Hall–Kier alpha value is -1.94. The maximum Gasteiger partial charge on any atom is 0.472 e. The van der Waals surface area contributed by atoms with Gasteiger partial charge in [0, 0.05) is 25.7 Å². The summed E-state index contributed by atoms with van der Waals surface area (Å²) in [6, 6.07) is 0. The van der Waals surface area contributed by atoms with Gasteiger partial charge in [-0.25, -0.2) is 9.13 Å². The van der Waals surface area contributed by atoms with E-state index in [2.05, 4.69) is 27.7 Å². The van der Waals surface area contributed by atoms with Gasteiger partial charge in [0.25, 0.3) is 0 Å². The van der Waals surface area contributed by atoms with E-state index in [0.29, 0.717) is 25.7 Å². The predicted octanol–water partition coefficient (Wildman–Crippen LogP) is 19.5. The molecule has 87 heavy (non-hydrogen) atoms. The number of aliphatic hydroxyl groups excluding tert-OH is 1. The lowest BCUT2D eigenvalue weighted by Gasteiger charge is -2.21. The average Bonchev–Trinajstić information content (AvgIpc) is 3.71. The van der Waals surface area contributed by atoms with Crippen LogP contribution in [0, 0.1) is 0 Å². The van der Waals surface area contributed by atoms with Crippen LogP contribution in [0.15, 0.2) is 0 Å². The number of hydrogen-bond acceptors (Lipinski definition) is 15. The molecular weight excluding hydrogens is 1150 g/mol. The van der Waals surface area contributed by atoms with Gasteiger partial charge in [-0.3, -0.25) is 37.3 Å². The van der Waals surface area contributed by atoms with Crippen LogP contribution in [0.1, 0.15) is 355 Å². The maximum absolute atomic E-state index is 13.0. The fourth-order valence-corrected chi connectivity index (χ4v) is 11.9. The van der Waals surface area contributed by atoms with Crippen LogP contribution in [0.25, 0.3) is 0 Å². The topological polar surface area (TPSA) is 237 Å². The van der Waals surface area contributed by atoms with E-state index < -0.39 is 97.5 Å². The number of unbranched alkanes of at least 4 members (excludes halogenated alkanes) is 43. The van der Waals surface area contributed by atoms with E-state index in [0.717, 1.165) is 103 Å². The molecule has 19 heteroatoms. The van der Waals surface area contributed by atoms with Gasteiger partial charge in [0.2, 0.25) is 0 Å². The number of hydrogen-bond donors (Lipinski definition) is 3. The number of aliphatic hydroxyl groups is 1. The maximum atomic E-state index is 13.0. The highest BCUT2D eigenvalue weighted by atomic mass is 31.2. The molecule has 0 saturated heterocycles. The normalized spacial score (nSPS) is 14.1. The Morgan fingerprint density at radius 2 is 0.460 bits per heavy atom. The molecule has 0 rings (SSSR count). The predicted molar refractivity (Wildman–Crippen MR) is 349 cm³/mol. The Bertz CT molecular complexity index is 1670. The molecule has 0 aliphatic carbocycles.